The van der Waals surface area contributed by atoms with Crippen molar-refractivity contribution in [2.24, 2.45) is 0 Å². The summed E-state index contributed by atoms with van der Waals surface area (Å²) in [6.07, 6.45) is -3.51. The van der Waals surface area contributed by atoms with Gasteiger partial charge in [-0.1, -0.05) is 18.7 Å². The second kappa shape index (κ2) is 11.8. The molecule has 1 amide bonds. The second-order valence-electron chi connectivity index (χ2n) is 11.5. The number of aromatic nitrogens is 2. The number of alkyl halides is 3. The van der Waals surface area contributed by atoms with Gasteiger partial charge < -0.3 is 14.5 Å². The van der Waals surface area contributed by atoms with E-state index in [9.17, 15) is 27.2 Å². The summed E-state index contributed by atoms with van der Waals surface area (Å²) in [7, 11) is 0. The minimum absolute atomic E-state index is 0.0777. The predicted molar refractivity (Wildman–Crippen MR) is 161 cm³/mol. The molecule has 6 rings (SSSR count). The molecule has 0 saturated carbocycles. The Kier molecular flexibility index (Phi) is 8.22. The number of hydrogen-bond donors (Lipinski definition) is 0. The van der Waals surface area contributed by atoms with E-state index >= 15 is 0 Å². The first kappa shape index (κ1) is 30.6. The minimum atomic E-state index is -4.75. The van der Waals surface area contributed by atoms with Crippen LogP contribution in [0.5, 0.6) is 0 Å². The number of morpholine rings is 1. The van der Waals surface area contributed by atoms with E-state index in [1.165, 1.54) is 34.5 Å². The van der Waals surface area contributed by atoms with Crippen LogP contribution in [-0.4, -0.2) is 88.5 Å². The number of carbonyl (C=O) groups excluding carboxylic acids is 1. The highest BCUT2D eigenvalue weighted by atomic mass is 32.2. The maximum Gasteiger partial charge on any atom is 0.417 e. The third-order valence-electron chi connectivity index (χ3n) is 8.66. The Bertz CT molecular complexity index is 1640. The molecule has 3 aliphatic rings. The van der Waals surface area contributed by atoms with E-state index in [0.717, 1.165) is 18.2 Å². The summed E-state index contributed by atoms with van der Waals surface area (Å²) >= 11 is 1.29. The van der Waals surface area contributed by atoms with Crippen LogP contribution in [-0.2, 0) is 22.3 Å². The van der Waals surface area contributed by atoms with Crippen molar-refractivity contribution in [3.8, 4) is 11.1 Å². The van der Waals surface area contributed by atoms with Crippen molar-refractivity contribution in [3.05, 3.63) is 64.9 Å². The Hall–Kier alpha value is -3.42. The zero-order valence-corrected chi connectivity index (χ0v) is 25.3. The third-order valence-corrected chi connectivity index (χ3v) is 9.90. The van der Waals surface area contributed by atoms with Gasteiger partial charge in [-0.2, -0.15) is 18.2 Å². The van der Waals surface area contributed by atoms with Gasteiger partial charge in [0.05, 0.1) is 24.3 Å². The molecule has 2 saturated heterocycles. The fourth-order valence-electron chi connectivity index (χ4n) is 6.71. The van der Waals surface area contributed by atoms with Gasteiger partial charge in [0.2, 0.25) is 5.91 Å². The lowest BCUT2D eigenvalue weighted by molar-refractivity contribution is -0.137. The quantitative estimate of drug-likeness (QED) is 0.307. The van der Waals surface area contributed by atoms with E-state index in [-0.39, 0.29) is 66.0 Å². The lowest BCUT2D eigenvalue weighted by Crippen LogP contribution is -2.58. The molecule has 3 aliphatic heterocycles. The second-order valence-corrected chi connectivity index (χ2v) is 12.6. The lowest BCUT2D eigenvalue weighted by atomic mass is 9.96. The van der Waals surface area contributed by atoms with Crippen LogP contribution < -0.4 is 10.6 Å². The molecule has 0 aliphatic carbocycles. The SMILES string of the molecule is C=CC(=O)N1[C@H](C)CN(c2nc(=O)n3c4c(c(-c5ccc(F)cc5)c(C(F)(F)F)cc24)SCC(N2CCOCC2)C3)C[C@@H]1C. The molecule has 1 unspecified atom stereocenters. The van der Waals surface area contributed by atoms with Gasteiger partial charge in [0, 0.05) is 72.4 Å². The molecular formula is C31H33F4N5O3S. The average molecular weight is 632 g/mol. The first-order valence-corrected chi connectivity index (χ1v) is 15.6. The van der Waals surface area contributed by atoms with E-state index in [4.69, 9.17) is 4.74 Å². The predicted octanol–water partition coefficient (Wildman–Crippen LogP) is 4.64. The van der Waals surface area contributed by atoms with Crippen LogP contribution in [0.1, 0.15) is 19.4 Å². The number of nitrogens with zero attached hydrogens (tertiary/aromatic N) is 5. The van der Waals surface area contributed by atoms with Gasteiger partial charge >= 0.3 is 11.9 Å². The summed E-state index contributed by atoms with van der Waals surface area (Å²) in [5.74, 6) is -0.194. The third kappa shape index (κ3) is 5.49. The van der Waals surface area contributed by atoms with Crippen LogP contribution in [0, 0.1) is 5.82 Å². The largest absolute Gasteiger partial charge is 0.417 e. The number of carbonyl (C=O) groups is 1. The molecule has 0 N–H and O–H groups in total. The van der Waals surface area contributed by atoms with E-state index in [1.54, 1.807) is 9.80 Å². The number of benzene rings is 2. The van der Waals surface area contributed by atoms with Gasteiger partial charge in [0.15, 0.2) is 0 Å². The number of thioether (sulfide) groups is 1. The van der Waals surface area contributed by atoms with Crippen molar-refractivity contribution in [2.45, 2.75) is 49.6 Å². The molecule has 1 aromatic heterocycles. The van der Waals surface area contributed by atoms with Crippen LogP contribution in [0.2, 0.25) is 0 Å². The summed E-state index contributed by atoms with van der Waals surface area (Å²) in [6.45, 7) is 10.4. The normalized spacial score (nSPS) is 23.1. The Morgan fingerprint density at radius 2 is 1.75 bits per heavy atom. The fourth-order valence-corrected chi connectivity index (χ4v) is 8.12. The number of hydrogen-bond acceptors (Lipinski definition) is 7. The van der Waals surface area contributed by atoms with Crippen molar-refractivity contribution in [1.29, 1.82) is 0 Å². The van der Waals surface area contributed by atoms with Crippen molar-refractivity contribution in [1.82, 2.24) is 19.4 Å². The molecule has 2 aromatic carbocycles. The zero-order valence-electron chi connectivity index (χ0n) is 24.4. The molecule has 44 heavy (non-hydrogen) atoms. The standard InChI is InChI=1S/C31H33F4N5O3S/c1-4-25(41)40-18(2)14-38(15-19(40)3)29-23-13-24(31(33,34)35)26(20-5-7-21(32)8-6-20)28-27(23)39(30(42)36-29)16-22(17-44-28)37-9-11-43-12-10-37/h4-8,13,18-19,22H,1,9-12,14-17H2,2-3H3/t18-,19+,22?. The highest BCUT2D eigenvalue weighted by Gasteiger charge is 2.40. The monoisotopic (exact) mass is 631 g/mol. The van der Waals surface area contributed by atoms with Crippen molar-refractivity contribution in [2.75, 3.05) is 50.0 Å². The van der Waals surface area contributed by atoms with Crippen molar-refractivity contribution >= 4 is 34.4 Å². The topological polar surface area (TPSA) is 70.9 Å². The summed E-state index contributed by atoms with van der Waals surface area (Å²) in [4.78, 5) is 36.9. The number of ether oxygens (including phenoxy) is 1. The van der Waals surface area contributed by atoms with Crippen LogP contribution in [0.3, 0.4) is 0 Å². The van der Waals surface area contributed by atoms with Crippen molar-refractivity contribution in [3.63, 3.8) is 0 Å². The Labute approximate surface area is 256 Å². The minimum Gasteiger partial charge on any atom is -0.379 e. The fraction of sp³-hybridized carbons (Fsp3) is 0.452. The van der Waals surface area contributed by atoms with E-state index in [2.05, 4.69) is 16.5 Å². The van der Waals surface area contributed by atoms with E-state index in [1.807, 2.05) is 13.8 Å². The van der Waals surface area contributed by atoms with Gasteiger partial charge in [-0.05, 0) is 43.7 Å². The molecular weight excluding hydrogens is 598 g/mol. The Balaban J connectivity index is 1.59. The Morgan fingerprint density at radius 1 is 1.09 bits per heavy atom. The highest BCUT2D eigenvalue weighted by molar-refractivity contribution is 7.99. The average Bonchev–Trinajstić information content (AvgIpc) is 3.20. The first-order valence-electron chi connectivity index (χ1n) is 14.6. The Morgan fingerprint density at radius 3 is 2.36 bits per heavy atom. The molecule has 3 atom stereocenters. The van der Waals surface area contributed by atoms with Gasteiger partial charge in [0.25, 0.3) is 0 Å². The van der Waals surface area contributed by atoms with Crippen LogP contribution in [0.15, 0.2) is 52.7 Å². The van der Waals surface area contributed by atoms with Crippen LogP contribution >= 0.6 is 11.8 Å². The van der Waals surface area contributed by atoms with Gasteiger partial charge in [0.1, 0.15) is 11.6 Å². The molecule has 3 aromatic rings. The maximum atomic E-state index is 14.9. The summed E-state index contributed by atoms with van der Waals surface area (Å²) in [5, 5.41) is 0.218. The first-order chi connectivity index (χ1) is 21.0. The highest BCUT2D eigenvalue weighted by Crippen LogP contribution is 2.48. The molecule has 13 heteroatoms. The summed E-state index contributed by atoms with van der Waals surface area (Å²) in [6, 6.07) is 5.30. The van der Waals surface area contributed by atoms with Gasteiger partial charge in [-0.3, -0.25) is 14.3 Å². The van der Waals surface area contributed by atoms with Crippen molar-refractivity contribution < 1.29 is 27.1 Å². The smallest absolute Gasteiger partial charge is 0.379 e. The molecule has 0 radical (unpaired) electrons. The molecule has 0 bridgehead atoms. The van der Waals surface area contributed by atoms with Crippen LogP contribution in [0.25, 0.3) is 22.0 Å². The summed E-state index contributed by atoms with van der Waals surface area (Å²) < 4.78 is 65.8. The number of amides is 1. The van der Waals surface area contributed by atoms with Crippen LogP contribution in [0.4, 0.5) is 23.4 Å². The number of piperazine rings is 1. The number of halogens is 4. The molecule has 4 heterocycles. The lowest BCUT2D eigenvalue weighted by Gasteiger charge is -2.44. The molecule has 2 fully saturated rings. The van der Waals surface area contributed by atoms with E-state index < -0.39 is 23.2 Å². The maximum absolute atomic E-state index is 14.9. The van der Waals surface area contributed by atoms with Gasteiger partial charge in [-0.15, -0.1) is 11.8 Å². The number of anilines is 1. The van der Waals surface area contributed by atoms with E-state index in [0.29, 0.717) is 42.5 Å². The molecule has 234 valence electrons. The summed E-state index contributed by atoms with van der Waals surface area (Å²) in [5.41, 5.74) is -0.906. The molecule has 8 nitrogen and oxygen atoms in total. The molecule has 0 spiro atoms. The number of rotatable bonds is 4. The zero-order chi connectivity index (χ0) is 31.3. The van der Waals surface area contributed by atoms with Gasteiger partial charge in [-0.25, -0.2) is 9.18 Å².